The van der Waals surface area contributed by atoms with Gasteiger partial charge in [-0.3, -0.25) is 4.68 Å². The van der Waals surface area contributed by atoms with Crippen molar-refractivity contribution < 1.29 is 0 Å². The van der Waals surface area contributed by atoms with Crippen molar-refractivity contribution in [1.82, 2.24) is 9.78 Å². The molecule has 0 unspecified atom stereocenters. The molecule has 3 aromatic rings. The average Bonchev–Trinajstić information content (AvgIpc) is 2.72. The molecule has 1 heterocycles. The molecule has 0 fully saturated rings. The Hall–Kier alpha value is -2.09. The maximum Gasteiger partial charge on any atom is 0.0923 e. The zero-order chi connectivity index (χ0) is 10.8. The number of nitrogens with zero attached hydrogens (tertiary/aromatic N) is 2. The molecule has 0 spiro atoms. The maximum atomic E-state index is 4.50. The molecule has 3 rings (SSSR count). The lowest BCUT2D eigenvalue weighted by molar-refractivity contribution is 0.696. The molecule has 2 aromatic carbocycles. The molecule has 1 radical (unpaired) electrons. The van der Waals surface area contributed by atoms with E-state index in [0.29, 0.717) is 0 Å². The van der Waals surface area contributed by atoms with Gasteiger partial charge in [-0.05, 0) is 23.8 Å². The largest absolute Gasteiger partial charge is 0.267 e. The zero-order valence-electron chi connectivity index (χ0n) is 8.80. The Bertz CT molecular complexity index is 563. The van der Waals surface area contributed by atoms with Gasteiger partial charge in [-0.25, -0.2) is 0 Å². The van der Waals surface area contributed by atoms with Crippen molar-refractivity contribution in [3.05, 3.63) is 66.4 Å². The molecule has 0 atom stereocenters. The average molecular weight is 207 g/mol. The van der Waals surface area contributed by atoms with Crippen LogP contribution in [-0.2, 0) is 6.54 Å². The van der Waals surface area contributed by atoms with E-state index >= 15 is 0 Å². The van der Waals surface area contributed by atoms with Crippen molar-refractivity contribution in [2.24, 2.45) is 0 Å². The van der Waals surface area contributed by atoms with Crippen molar-refractivity contribution in [2.45, 2.75) is 6.54 Å². The fourth-order valence-corrected chi connectivity index (χ4v) is 1.81. The molecular formula is C14H11N2. The van der Waals surface area contributed by atoms with Gasteiger partial charge in [-0.15, -0.1) is 0 Å². The molecular weight excluding hydrogens is 196 g/mol. The van der Waals surface area contributed by atoms with Crippen LogP contribution in [0.25, 0.3) is 10.9 Å². The Labute approximate surface area is 94.1 Å². The van der Waals surface area contributed by atoms with Crippen molar-refractivity contribution in [3.8, 4) is 0 Å². The van der Waals surface area contributed by atoms with Crippen LogP contribution in [-0.4, -0.2) is 9.78 Å². The third-order valence-corrected chi connectivity index (χ3v) is 2.58. The van der Waals surface area contributed by atoms with Crippen LogP contribution in [0.2, 0.25) is 0 Å². The van der Waals surface area contributed by atoms with Crippen molar-refractivity contribution >= 4 is 10.9 Å². The van der Waals surface area contributed by atoms with E-state index in [1.165, 1.54) is 5.56 Å². The van der Waals surface area contributed by atoms with Crippen LogP contribution in [0.5, 0.6) is 0 Å². The van der Waals surface area contributed by atoms with Crippen LogP contribution in [0.1, 0.15) is 5.56 Å². The molecule has 0 saturated carbocycles. The van der Waals surface area contributed by atoms with E-state index in [4.69, 9.17) is 0 Å². The van der Waals surface area contributed by atoms with Gasteiger partial charge < -0.3 is 0 Å². The number of hydrogen-bond acceptors (Lipinski definition) is 1. The normalized spacial score (nSPS) is 10.8. The summed E-state index contributed by atoms with van der Waals surface area (Å²) in [7, 11) is 0. The van der Waals surface area contributed by atoms with Crippen molar-refractivity contribution in [2.75, 3.05) is 0 Å². The Morgan fingerprint density at radius 2 is 2.00 bits per heavy atom. The van der Waals surface area contributed by atoms with Crippen LogP contribution >= 0.6 is 0 Å². The predicted molar refractivity (Wildman–Crippen MR) is 64.1 cm³/mol. The SMILES string of the molecule is [c]1ccc2nn(Cc3ccccc3)cc2c1. The van der Waals surface area contributed by atoms with Crippen LogP contribution in [0, 0.1) is 6.07 Å². The summed E-state index contributed by atoms with van der Waals surface area (Å²) in [6, 6.07) is 19.2. The monoisotopic (exact) mass is 207 g/mol. The van der Waals surface area contributed by atoms with Crippen LogP contribution in [0.4, 0.5) is 0 Å². The van der Waals surface area contributed by atoms with E-state index in [-0.39, 0.29) is 0 Å². The topological polar surface area (TPSA) is 17.8 Å². The predicted octanol–water partition coefficient (Wildman–Crippen LogP) is 2.88. The third kappa shape index (κ3) is 1.70. The molecule has 16 heavy (non-hydrogen) atoms. The van der Waals surface area contributed by atoms with E-state index in [2.05, 4.69) is 29.5 Å². The minimum atomic E-state index is 0.815. The zero-order valence-corrected chi connectivity index (χ0v) is 8.80. The minimum absolute atomic E-state index is 0.815. The highest BCUT2D eigenvalue weighted by Crippen LogP contribution is 2.11. The lowest BCUT2D eigenvalue weighted by Crippen LogP contribution is -1.99. The molecule has 2 nitrogen and oxygen atoms in total. The van der Waals surface area contributed by atoms with E-state index in [9.17, 15) is 0 Å². The first kappa shape index (κ1) is 9.16. The fraction of sp³-hybridized carbons (Fsp3) is 0.0714. The maximum absolute atomic E-state index is 4.50. The second-order valence-electron chi connectivity index (χ2n) is 3.80. The van der Waals surface area contributed by atoms with E-state index < -0.39 is 0 Å². The van der Waals surface area contributed by atoms with Gasteiger partial charge in [0.05, 0.1) is 12.1 Å². The molecule has 77 valence electrons. The first-order chi connectivity index (χ1) is 7.92. The highest BCUT2D eigenvalue weighted by Gasteiger charge is 1.99. The van der Waals surface area contributed by atoms with Gasteiger partial charge in [-0.2, -0.15) is 5.10 Å². The molecule has 0 saturated heterocycles. The van der Waals surface area contributed by atoms with Crippen LogP contribution in [0.15, 0.2) is 54.7 Å². The smallest absolute Gasteiger partial charge is 0.0923 e. The summed E-state index contributed by atoms with van der Waals surface area (Å²) in [4.78, 5) is 0. The Morgan fingerprint density at radius 1 is 1.12 bits per heavy atom. The first-order valence-electron chi connectivity index (χ1n) is 5.29. The summed E-state index contributed by atoms with van der Waals surface area (Å²) < 4.78 is 1.97. The van der Waals surface area contributed by atoms with Gasteiger partial charge in [0.1, 0.15) is 0 Å². The van der Waals surface area contributed by atoms with Crippen molar-refractivity contribution in [1.29, 1.82) is 0 Å². The summed E-state index contributed by atoms with van der Waals surface area (Å²) in [5.74, 6) is 0. The first-order valence-corrected chi connectivity index (χ1v) is 5.29. The van der Waals surface area contributed by atoms with Gasteiger partial charge in [-0.1, -0.05) is 36.4 Å². The van der Waals surface area contributed by atoms with Gasteiger partial charge in [0.15, 0.2) is 0 Å². The van der Waals surface area contributed by atoms with E-state index in [1.54, 1.807) is 0 Å². The number of benzene rings is 2. The number of fused-ring (bicyclic) bond motifs is 1. The number of hydrogen-bond donors (Lipinski definition) is 0. The third-order valence-electron chi connectivity index (χ3n) is 2.58. The fourth-order valence-electron chi connectivity index (χ4n) is 1.81. The van der Waals surface area contributed by atoms with Gasteiger partial charge >= 0.3 is 0 Å². The second-order valence-corrected chi connectivity index (χ2v) is 3.80. The quantitative estimate of drug-likeness (QED) is 0.631. The second kappa shape index (κ2) is 3.81. The lowest BCUT2D eigenvalue weighted by Gasteiger charge is -2.00. The standard InChI is InChI=1S/C14H11N2/c1-2-6-12(7-3-1)10-16-11-13-8-4-5-9-14(13)15-16/h1-3,5-9,11H,10H2. The molecule has 0 amide bonds. The van der Waals surface area contributed by atoms with E-state index in [0.717, 1.165) is 17.4 Å². The van der Waals surface area contributed by atoms with Gasteiger partial charge in [0.2, 0.25) is 0 Å². The molecule has 1 aromatic heterocycles. The number of rotatable bonds is 2. The molecule has 0 aliphatic rings. The summed E-state index contributed by atoms with van der Waals surface area (Å²) in [6.45, 7) is 0.815. The minimum Gasteiger partial charge on any atom is -0.267 e. The van der Waals surface area contributed by atoms with E-state index in [1.807, 2.05) is 41.1 Å². The molecule has 0 aliphatic heterocycles. The highest BCUT2D eigenvalue weighted by molar-refractivity contribution is 5.77. The summed E-state index contributed by atoms with van der Waals surface area (Å²) >= 11 is 0. The Morgan fingerprint density at radius 3 is 2.81 bits per heavy atom. The van der Waals surface area contributed by atoms with Gasteiger partial charge in [0.25, 0.3) is 0 Å². The summed E-state index contributed by atoms with van der Waals surface area (Å²) in [6.07, 6.45) is 2.05. The number of aromatic nitrogens is 2. The molecule has 2 heteroatoms. The van der Waals surface area contributed by atoms with Crippen molar-refractivity contribution in [3.63, 3.8) is 0 Å². The summed E-state index contributed by atoms with van der Waals surface area (Å²) in [5, 5.41) is 5.64. The summed E-state index contributed by atoms with van der Waals surface area (Å²) in [5.41, 5.74) is 2.29. The highest BCUT2D eigenvalue weighted by atomic mass is 15.3. The Balaban J connectivity index is 1.95. The molecule has 0 bridgehead atoms. The molecule has 0 aliphatic carbocycles. The van der Waals surface area contributed by atoms with Crippen LogP contribution in [0.3, 0.4) is 0 Å². The molecule has 0 N–H and O–H groups in total. The lowest BCUT2D eigenvalue weighted by atomic mass is 10.2. The van der Waals surface area contributed by atoms with Crippen LogP contribution < -0.4 is 0 Å². The van der Waals surface area contributed by atoms with Gasteiger partial charge in [0, 0.05) is 11.6 Å². The Kier molecular flexibility index (Phi) is 2.18.